The van der Waals surface area contributed by atoms with Crippen molar-refractivity contribution >= 4 is 16.9 Å². The quantitative estimate of drug-likeness (QED) is 0.794. The van der Waals surface area contributed by atoms with E-state index in [-0.39, 0.29) is 12.2 Å². The number of carbonyl (C=O) groups is 1. The van der Waals surface area contributed by atoms with Crippen LogP contribution in [0.1, 0.15) is 56.6 Å². The van der Waals surface area contributed by atoms with E-state index in [1.165, 1.54) is 0 Å². The lowest BCUT2D eigenvalue weighted by Crippen LogP contribution is -2.23. The number of esters is 1. The van der Waals surface area contributed by atoms with E-state index < -0.39 is 5.60 Å². The van der Waals surface area contributed by atoms with Gasteiger partial charge < -0.3 is 9.47 Å². The summed E-state index contributed by atoms with van der Waals surface area (Å²) in [6.45, 7) is 6.37. The third kappa shape index (κ3) is 3.14. The molecule has 0 amide bonds. The Bertz CT molecular complexity index is 679. The van der Waals surface area contributed by atoms with Crippen LogP contribution in [0.25, 0.3) is 10.9 Å². The van der Waals surface area contributed by atoms with Crippen LogP contribution in [0.15, 0.2) is 24.4 Å². The molecule has 118 valence electrons. The Labute approximate surface area is 130 Å². The van der Waals surface area contributed by atoms with Crippen LogP contribution >= 0.6 is 0 Å². The zero-order chi connectivity index (χ0) is 15.7. The normalized spacial score (nSPS) is 19.3. The topological polar surface area (TPSA) is 53.3 Å². The minimum atomic E-state index is -0.494. The van der Waals surface area contributed by atoms with Crippen LogP contribution in [0.2, 0.25) is 0 Å². The average molecular weight is 302 g/mol. The molecule has 0 aliphatic carbocycles. The van der Waals surface area contributed by atoms with Gasteiger partial charge in [0.1, 0.15) is 5.60 Å². The number of fused-ring (bicyclic) bond motifs is 1. The molecule has 0 spiro atoms. The molecule has 1 aromatic carbocycles. The molecule has 1 saturated heterocycles. The van der Waals surface area contributed by atoms with Gasteiger partial charge >= 0.3 is 5.97 Å². The minimum absolute atomic E-state index is 0.00127. The summed E-state index contributed by atoms with van der Waals surface area (Å²) in [5.74, 6) is -0.309. The lowest BCUT2D eigenvalue weighted by Gasteiger charge is -2.23. The first-order valence-corrected chi connectivity index (χ1v) is 7.76. The molecule has 5 nitrogen and oxygen atoms in total. The van der Waals surface area contributed by atoms with E-state index >= 15 is 0 Å². The van der Waals surface area contributed by atoms with Crippen LogP contribution in [0.5, 0.6) is 0 Å². The van der Waals surface area contributed by atoms with E-state index in [9.17, 15) is 4.79 Å². The van der Waals surface area contributed by atoms with Crippen LogP contribution in [0.3, 0.4) is 0 Å². The van der Waals surface area contributed by atoms with Gasteiger partial charge in [0.15, 0.2) is 6.23 Å². The molecule has 3 rings (SSSR count). The number of nitrogens with zero attached hydrogens (tertiary/aromatic N) is 2. The van der Waals surface area contributed by atoms with Gasteiger partial charge in [0.05, 0.1) is 17.3 Å². The standard InChI is InChI=1S/C17H22N2O3/c1-17(2,3)22-16(20)12-7-8-14-13(10-12)11-18-19(14)15-6-4-5-9-21-15/h7-8,10-11,15H,4-6,9H2,1-3H3. The van der Waals surface area contributed by atoms with Gasteiger partial charge in [-0.05, 0) is 58.2 Å². The van der Waals surface area contributed by atoms with Crippen molar-refractivity contribution in [2.24, 2.45) is 0 Å². The Kier molecular flexibility index (Phi) is 3.91. The van der Waals surface area contributed by atoms with Gasteiger partial charge in [-0.1, -0.05) is 0 Å². The zero-order valence-electron chi connectivity index (χ0n) is 13.3. The molecule has 1 aromatic heterocycles. The Morgan fingerprint density at radius 2 is 2.18 bits per heavy atom. The fourth-order valence-corrected chi connectivity index (χ4v) is 2.66. The highest BCUT2D eigenvalue weighted by atomic mass is 16.6. The largest absolute Gasteiger partial charge is 0.456 e. The van der Waals surface area contributed by atoms with Crippen LogP contribution in [-0.4, -0.2) is 28.0 Å². The molecule has 0 bridgehead atoms. The fraction of sp³-hybridized carbons (Fsp3) is 0.529. The molecule has 1 aliphatic rings. The number of ether oxygens (including phenoxy) is 2. The summed E-state index contributed by atoms with van der Waals surface area (Å²) >= 11 is 0. The van der Waals surface area contributed by atoms with Crippen molar-refractivity contribution in [3.8, 4) is 0 Å². The molecule has 2 heterocycles. The summed E-state index contributed by atoms with van der Waals surface area (Å²) in [5.41, 5.74) is 1.04. The van der Waals surface area contributed by atoms with Gasteiger partial charge in [0.2, 0.25) is 0 Å². The average Bonchev–Trinajstić information content (AvgIpc) is 2.89. The molecule has 2 aromatic rings. The molecule has 1 aliphatic heterocycles. The molecule has 1 fully saturated rings. The summed E-state index contributed by atoms with van der Waals surface area (Å²) in [6.07, 6.45) is 5.02. The van der Waals surface area contributed by atoms with Crippen LogP contribution < -0.4 is 0 Å². The summed E-state index contributed by atoms with van der Waals surface area (Å²) in [7, 11) is 0. The Hall–Kier alpha value is -1.88. The van der Waals surface area contributed by atoms with Crippen molar-refractivity contribution < 1.29 is 14.3 Å². The van der Waals surface area contributed by atoms with Crippen LogP contribution in [0, 0.1) is 0 Å². The van der Waals surface area contributed by atoms with Gasteiger partial charge in [0.25, 0.3) is 0 Å². The molecule has 0 N–H and O–H groups in total. The second-order valence-corrected chi connectivity index (χ2v) is 6.69. The van der Waals surface area contributed by atoms with Crippen molar-refractivity contribution in [3.63, 3.8) is 0 Å². The number of hydrogen-bond donors (Lipinski definition) is 0. The first-order chi connectivity index (χ1) is 10.4. The maximum Gasteiger partial charge on any atom is 0.338 e. The lowest BCUT2D eigenvalue weighted by molar-refractivity contribution is -0.0366. The van der Waals surface area contributed by atoms with Gasteiger partial charge in [-0.2, -0.15) is 5.10 Å². The number of hydrogen-bond acceptors (Lipinski definition) is 4. The zero-order valence-corrected chi connectivity index (χ0v) is 13.3. The maximum absolute atomic E-state index is 12.1. The van der Waals surface area contributed by atoms with Gasteiger partial charge in [-0.3, -0.25) is 0 Å². The lowest BCUT2D eigenvalue weighted by atomic mass is 10.1. The Balaban J connectivity index is 1.87. The monoisotopic (exact) mass is 302 g/mol. The summed E-state index contributed by atoms with van der Waals surface area (Å²) in [6, 6.07) is 5.53. The van der Waals surface area contributed by atoms with E-state index in [2.05, 4.69) is 5.10 Å². The van der Waals surface area contributed by atoms with Crippen molar-refractivity contribution in [2.45, 2.75) is 51.9 Å². The summed E-state index contributed by atoms with van der Waals surface area (Å²) in [5, 5.41) is 5.36. The number of rotatable bonds is 2. The predicted molar refractivity (Wildman–Crippen MR) is 83.7 cm³/mol. The molecule has 5 heteroatoms. The van der Waals surface area contributed by atoms with E-state index in [1.807, 2.05) is 37.6 Å². The third-order valence-corrected chi connectivity index (χ3v) is 3.66. The van der Waals surface area contributed by atoms with E-state index in [4.69, 9.17) is 9.47 Å². The van der Waals surface area contributed by atoms with Crippen LogP contribution in [0.4, 0.5) is 0 Å². The Morgan fingerprint density at radius 3 is 2.86 bits per heavy atom. The predicted octanol–water partition coefficient (Wildman–Crippen LogP) is 3.69. The molecule has 22 heavy (non-hydrogen) atoms. The molecule has 1 unspecified atom stereocenters. The fourth-order valence-electron chi connectivity index (χ4n) is 2.66. The smallest absolute Gasteiger partial charge is 0.338 e. The number of aromatic nitrogens is 2. The molecule has 0 saturated carbocycles. The molecular weight excluding hydrogens is 280 g/mol. The third-order valence-electron chi connectivity index (χ3n) is 3.66. The molecule has 0 radical (unpaired) electrons. The van der Waals surface area contributed by atoms with Gasteiger partial charge in [0, 0.05) is 12.0 Å². The van der Waals surface area contributed by atoms with E-state index in [0.29, 0.717) is 5.56 Å². The highest BCUT2D eigenvalue weighted by Crippen LogP contribution is 2.27. The number of benzene rings is 1. The first-order valence-electron chi connectivity index (χ1n) is 7.76. The molecular formula is C17H22N2O3. The van der Waals surface area contributed by atoms with Gasteiger partial charge in [-0.25, -0.2) is 9.48 Å². The summed E-state index contributed by atoms with van der Waals surface area (Å²) < 4.78 is 13.1. The van der Waals surface area contributed by atoms with Gasteiger partial charge in [-0.15, -0.1) is 0 Å². The van der Waals surface area contributed by atoms with E-state index in [0.717, 1.165) is 36.8 Å². The summed E-state index contributed by atoms with van der Waals surface area (Å²) in [4.78, 5) is 12.1. The first kappa shape index (κ1) is 15.0. The second kappa shape index (κ2) is 5.72. The van der Waals surface area contributed by atoms with E-state index in [1.54, 1.807) is 12.3 Å². The van der Waals surface area contributed by atoms with Crippen molar-refractivity contribution in [1.29, 1.82) is 0 Å². The molecule has 1 atom stereocenters. The number of carbonyl (C=O) groups excluding carboxylic acids is 1. The van der Waals surface area contributed by atoms with Crippen molar-refractivity contribution in [1.82, 2.24) is 9.78 Å². The second-order valence-electron chi connectivity index (χ2n) is 6.69. The maximum atomic E-state index is 12.1. The SMILES string of the molecule is CC(C)(C)OC(=O)c1ccc2c(cnn2C2CCCCO2)c1. The van der Waals surface area contributed by atoms with Crippen molar-refractivity contribution in [3.05, 3.63) is 30.0 Å². The minimum Gasteiger partial charge on any atom is -0.456 e. The van der Waals surface area contributed by atoms with Crippen molar-refractivity contribution in [2.75, 3.05) is 6.61 Å². The Morgan fingerprint density at radius 1 is 1.36 bits per heavy atom. The highest BCUT2D eigenvalue weighted by molar-refractivity contribution is 5.94. The van der Waals surface area contributed by atoms with Crippen LogP contribution in [-0.2, 0) is 9.47 Å². The highest BCUT2D eigenvalue weighted by Gasteiger charge is 2.21.